The number of nitrogens with one attached hydrogen (secondary N) is 1. The number of benzene rings is 3. The van der Waals surface area contributed by atoms with Crippen LogP contribution in [-0.4, -0.2) is 18.5 Å². The van der Waals surface area contributed by atoms with Crippen LogP contribution in [0.5, 0.6) is 5.75 Å². The first kappa shape index (κ1) is 21.0. The van der Waals surface area contributed by atoms with Gasteiger partial charge in [-0.3, -0.25) is 9.59 Å². The van der Waals surface area contributed by atoms with Crippen molar-refractivity contribution in [2.24, 2.45) is 0 Å². The molecule has 0 fully saturated rings. The summed E-state index contributed by atoms with van der Waals surface area (Å²) in [5.41, 5.74) is 1.99. The first-order valence-electron chi connectivity index (χ1n) is 9.51. The molecule has 0 saturated heterocycles. The van der Waals surface area contributed by atoms with Crippen molar-refractivity contribution >= 4 is 17.6 Å². The van der Waals surface area contributed by atoms with Crippen molar-refractivity contribution in [1.29, 1.82) is 0 Å². The third kappa shape index (κ3) is 6.17. The molecule has 0 aliphatic heterocycles. The van der Waals surface area contributed by atoms with Gasteiger partial charge < -0.3 is 14.8 Å². The van der Waals surface area contributed by atoms with Crippen LogP contribution in [0.3, 0.4) is 0 Å². The van der Waals surface area contributed by atoms with Crippen molar-refractivity contribution in [3.8, 4) is 5.75 Å². The van der Waals surface area contributed by atoms with Crippen LogP contribution in [-0.2, 0) is 14.3 Å². The van der Waals surface area contributed by atoms with Crippen LogP contribution in [0.1, 0.15) is 23.7 Å². The lowest BCUT2D eigenvalue weighted by Gasteiger charge is -2.18. The van der Waals surface area contributed by atoms with E-state index in [0.717, 1.165) is 5.56 Å². The van der Waals surface area contributed by atoms with Gasteiger partial charge in [0.2, 0.25) is 6.10 Å². The van der Waals surface area contributed by atoms with Gasteiger partial charge in [-0.15, -0.1) is 0 Å². The molecule has 0 heterocycles. The molecular weight excluding hydrogens is 385 g/mol. The number of carbonyl (C=O) groups excluding carboxylic acids is 2. The maximum absolute atomic E-state index is 13.1. The fourth-order valence-electron chi connectivity index (χ4n) is 2.79. The van der Waals surface area contributed by atoms with E-state index in [4.69, 9.17) is 9.47 Å². The molecule has 0 aromatic heterocycles. The second kappa shape index (κ2) is 10.2. The minimum Gasteiger partial charge on any atom is -0.493 e. The third-order valence-electron chi connectivity index (χ3n) is 4.27. The molecule has 0 unspecified atom stereocenters. The Morgan fingerprint density at radius 3 is 2.40 bits per heavy atom. The van der Waals surface area contributed by atoms with E-state index in [9.17, 15) is 14.0 Å². The van der Waals surface area contributed by atoms with Crippen LogP contribution in [0, 0.1) is 12.7 Å². The summed E-state index contributed by atoms with van der Waals surface area (Å²) in [7, 11) is 0. The lowest BCUT2D eigenvalue weighted by atomic mass is 10.1. The Hall–Kier alpha value is -3.67. The number of halogens is 1. The first-order chi connectivity index (χ1) is 14.5. The van der Waals surface area contributed by atoms with Crippen molar-refractivity contribution in [2.45, 2.75) is 19.4 Å². The predicted octanol–water partition coefficient (Wildman–Crippen LogP) is 4.83. The van der Waals surface area contributed by atoms with Gasteiger partial charge in [-0.2, -0.15) is 0 Å². The maximum atomic E-state index is 13.1. The van der Waals surface area contributed by atoms with Gasteiger partial charge in [-0.05, 0) is 48.9 Å². The van der Waals surface area contributed by atoms with Crippen LogP contribution >= 0.6 is 0 Å². The molecule has 0 saturated carbocycles. The summed E-state index contributed by atoms with van der Waals surface area (Å²) >= 11 is 0. The van der Waals surface area contributed by atoms with Crippen LogP contribution in [0.15, 0.2) is 78.9 Å². The van der Waals surface area contributed by atoms with E-state index in [1.807, 2.05) is 25.1 Å². The smallest absolute Gasteiger partial charge is 0.310 e. The molecule has 5 nitrogen and oxygen atoms in total. The molecular formula is C24H22FNO4. The van der Waals surface area contributed by atoms with Gasteiger partial charge in [0.1, 0.15) is 11.6 Å². The fraction of sp³-hybridized carbons (Fsp3) is 0.167. The molecule has 1 N–H and O–H groups in total. The molecule has 30 heavy (non-hydrogen) atoms. The molecule has 0 aliphatic rings. The number of esters is 1. The number of aryl methyl sites for hydroxylation is 1. The van der Waals surface area contributed by atoms with Crippen molar-refractivity contribution in [3.05, 3.63) is 95.8 Å². The van der Waals surface area contributed by atoms with Gasteiger partial charge in [-0.25, -0.2) is 4.39 Å². The first-order valence-corrected chi connectivity index (χ1v) is 9.51. The SMILES string of the molecule is Cc1cccc(OCCC(=O)O[C@@H](C(=O)Nc2ccc(F)cc2)c2ccccc2)c1. The summed E-state index contributed by atoms with van der Waals surface area (Å²) in [5.74, 6) is -0.837. The van der Waals surface area contributed by atoms with Crippen LogP contribution in [0.25, 0.3) is 0 Å². The van der Waals surface area contributed by atoms with Crippen molar-refractivity contribution in [1.82, 2.24) is 0 Å². The quantitative estimate of drug-likeness (QED) is 0.544. The standard InChI is InChI=1S/C24H22FNO4/c1-17-6-5-9-21(16-17)29-15-14-22(27)30-23(18-7-3-2-4-8-18)24(28)26-20-12-10-19(25)11-13-20/h2-13,16,23H,14-15H2,1H3,(H,26,28)/t23-/m1/s1. The van der Waals surface area contributed by atoms with Gasteiger partial charge in [0, 0.05) is 11.3 Å². The largest absolute Gasteiger partial charge is 0.493 e. The van der Waals surface area contributed by atoms with E-state index < -0.39 is 23.8 Å². The van der Waals surface area contributed by atoms with Crippen molar-refractivity contribution in [2.75, 3.05) is 11.9 Å². The second-order valence-electron chi connectivity index (χ2n) is 6.69. The summed E-state index contributed by atoms with van der Waals surface area (Å²) in [5, 5.41) is 2.65. The van der Waals surface area contributed by atoms with Gasteiger partial charge in [0.25, 0.3) is 5.91 Å². The second-order valence-corrected chi connectivity index (χ2v) is 6.69. The van der Waals surface area contributed by atoms with Crippen molar-refractivity contribution < 1.29 is 23.5 Å². The van der Waals surface area contributed by atoms with Crippen LogP contribution in [0.2, 0.25) is 0 Å². The monoisotopic (exact) mass is 407 g/mol. The summed E-state index contributed by atoms with van der Waals surface area (Å²) in [4.78, 5) is 25.1. The van der Waals surface area contributed by atoms with Gasteiger partial charge in [0.05, 0.1) is 13.0 Å². The van der Waals surface area contributed by atoms with Crippen LogP contribution < -0.4 is 10.1 Å². The average Bonchev–Trinajstić information content (AvgIpc) is 2.74. The fourth-order valence-corrected chi connectivity index (χ4v) is 2.79. The Bertz CT molecular complexity index is 990. The van der Waals surface area contributed by atoms with Gasteiger partial charge in [0.15, 0.2) is 0 Å². The lowest BCUT2D eigenvalue weighted by Crippen LogP contribution is -2.26. The summed E-state index contributed by atoms with van der Waals surface area (Å²) in [6.07, 6.45) is -1.15. The highest BCUT2D eigenvalue weighted by Gasteiger charge is 2.25. The van der Waals surface area contributed by atoms with E-state index >= 15 is 0 Å². The molecule has 154 valence electrons. The molecule has 6 heteroatoms. The summed E-state index contributed by atoms with van der Waals surface area (Å²) in [6.45, 7) is 2.08. The number of anilines is 1. The number of rotatable bonds is 8. The molecule has 3 rings (SSSR count). The highest BCUT2D eigenvalue weighted by atomic mass is 19.1. The minimum atomic E-state index is -1.14. The zero-order chi connectivity index (χ0) is 21.3. The molecule has 0 spiro atoms. The highest BCUT2D eigenvalue weighted by molar-refractivity contribution is 5.96. The third-order valence-corrected chi connectivity index (χ3v) is 4.27. The van der Waals surface area contributed by atoms with E-state index in [-0.39, 0.29) is 13.0 Å². The Balaban J connectivity index is 1.62. The zero-order valence-corrected chi connectivity index (χ0v) is 16.5. The summed E-state index contributed by atoms with van der Waals surface area (Å²) in [6, 6.07) is 21.6. The summed E-state index contributed by atoms with van der Waals surface area (Å²) < 4.78 is 24.1. The molecule has 0 bridgehead atoms. The molecule has 3 aromatic carbocycles. The number of ether oxygens (including phenoxy) is 2. The average molecular weight is 407 g/mol. The molecule has 0 radical (unpaired) electrons. The van der Waals surface area contributed by atoms with E-state index in [0.29, 0.717) is 17.0 Å². The van der Waals surface area contributed by atoms with E-state index in [1.54, 1.807) is 36.4 Å². The Labute approximate surface area is 174 Å². The zero-order valence-electron chi connectivity index (χ0n) is 16.5. The number of hydrogen-bond donors (Lipinski definition) is 1. The highest BCUT2D eigenvalue weighted by Crippen LogP contribution is 2.21. The number of hydrogen-bond acceptors (Lipinski definition) is 4. The topological polar surface area (TPSA) is 64.6 Å². The Kier molecular flexibility index (Phi) is 7.16. The Morgan fingerprint density at radius 1 is 0.967 bits per heavy atom. The molecule has 3 aromatic rings. The van der Waals surface area contributed by atoms with Crippen LogP contribution in [0.4, 0.5) is 10.1 Å². The molecule has 1 atom stereocenters. The molecule has 0 aliphatic carbocycles. The predicted molar refractivity (Wildman–Crippen MR) is 112 cm³/mol. The van der Waals surface area contributed by atoms with E-state index in [1.165, 1.54) is 24.3 Å². The number of carbonyl (C=O) groups is 2. The minimum absolute atomic E-state index is 0.0128. The number of amides is 1. The van der Waals surface area contributed by atoms with Gasteiger partial charge in [-0.1, -0.05) is 42.5 Å². The molecule has 1 amide bonds. The van der Waals surface area contributed by atoms with Crippen molar-refractivity contribution in [3.63, 3.8) is 0 Å². The van der Waals surface area contributed by atoms with Gasteiger partial charge >= 0.3 is 5.97 Å². The maximum Gasteiger partial charge on any atom is 0.310 e. The van der Waals surface area contributed by atoms with E-state index in [2.05, 4.69) is 5.32 Å². The normalized spacial score (nSPS) is 11.4. The Morgan fingerprint density at radius 2 is 1.70 bits per heavy atom. The lowest BCUT2D eigenvalue weighted by molar-refractivity contribution is -0.155.